The van der Waals surface area contributed by atoms with E-state index >= 15 is 0 Å². The number of ether oxygens (including phenoxy) is 1. The van der Waals surface area contributed by atoms with Gasteiger partial charge in [-0.1, -0.05) is 11.6 Å². The minimum Gasteiger partial charge on any atom is -0.495 e. The van der Waals surface area contributed by atoms with E-state index < -0.39 is 10.0 Å². The Bertz CT molecular complexity index is 640. The predicted molar refractivity (Wildman–Crippen MR) is 79.0 cm³/mol. The van der Waals surface area contributed by atoms with E-state index in [1.165, 1.54) is 30.5 Å². The van der Waals surface area contributed by atoms with E-state index in [4.69, 9.17) is 16.3 Å². The summed E-state index contributed by atoms with van der Waals surface area (Å²) in [6.45, 7) is 2.77. The maximum Gasteiger partial charge on any atom is 0.246 e. The number of nitrogens with zero attached hydrogens (tertiary/aromatic N) is 2. The highest BCUT2D eigenvalue weighted by Crippen LogP contribution is 2.30. The van der Waals surface area contributed by atoms with E-state index in [0.29, 0.717) is 18.1 Å². The highest BCUT2D eigenvalue weighted by molar-refractivity contribution is 7.89. The standard InChI is InChI=1S/C13H17ClN2O4S/c1-10(17)15-5-7-16(8-6-15)21(18,19)13-9-11(14)3-4-12(13)20-2/h3-4,9H,5-8H2,1-2H3. The van der Waals surface area contributed by atoms with Crippen LogP contribution in [0.5, 0.6) is 5.75 Å². The molecule has 1 aromatic carbocycles. The maximum atomic E-state index is 12.7. The zero-order valence-corrected chi connectivity index (χ0v) is 13.4. The van der Waals surface area contributed by atoms with Crippen LogP contribution in [0.3, 0.4) is 0 Å². The molecule has 0 N–H and O–H groups in total. The fourth-order valence-corrected chi connectivity index (χ4v) is 4.08. The fourth-order valence-electron chi connectivity index (χ4n) is 2.23. The van der Waals surface area contributed by atoms with Gasteiger partial charge in [0.25, 0.3) is 0 Å². The second kappa shape index (κ2) is 6.21. The first-order valence-electron chi connectivity index (χ1n) is 6.45. The van der Waals surface area contributed by atoms with Crippen molar-refractivity contribution >= 4 is 27.5 Å². The monoisotopic (exact) mass is 332 g/mol. The number of rotatable bonds is 3. The lowest BCUT2D eigenvalue weighted by Crippen LogP contribution is -2.49. The van der Waals surface area contributed by atoms with Crippen molar-refractivity contribution in [3.63, 3.8) is 0 Å². The summed E-state index contributed by atoms with van der Waals surface area (Å²) in [7, 11) is -2.28. The van der Waals surface area contributed by atoms with Gasteiger partial charge in [0.2, 0.25) is 15.9 Å². The summed E-state index contributed by atoms with van der Waals surface area (Å²) in [6, 6.07) is 4.49. The Hall–Kier alpha value is -1.31. The summed E-state index contributed by atoms with van der Waals surface area (Å²) in [4.78, 5) is 13.0. The van der Waals surface area contributed by atoms with E-state index in [1.807, 2.05) is 0 Å². The van der Waals surface area contributed by atoms with Crippen molar-refractivity contribution in [3.8, 4) is 5.75 Å². The summed E-state index contributed by atoms with van der Waals surface area (Å²) in [5.41, 5.74) is 0. The Morgan fingerprint density at radius 1 is 1.24 bits per heavy atom. The van der Waals surface area contributed by atoms with Crippen molar-refractivity contribution in [1.29, 1.82) is 0 Å². The van der Waals surface area contributed by atoms with Crippen LogP contribution in [0.1, 0.15) is 6.92 Å². The van der Waals surface area contributed by atoms with Crippen molar-refractivity contribution in [2.45, 2.75) is 11.8 Å². The van der Waals surface area contributed by atoms with E-state index in [2.05, 4.69) is 0 Å². The van der Waals surface area contributed by atoms with Crippen LogP contribution in [0.25, 0.3) is 0 Å². The number of methoxy groups -OCH3 is 1. The molecule has 6 nitrogen and oxygen atoms in total. The molecule has 2 rings (SSSR count). The second-order valence-electron chi connectivity index (χ2n) is 4.71. The first-order chi connectivity index (χ1) is 9.86. The van der Waals surface area contributed by atoms with Gasteiger partial charge in [-0.15, -0.1) is 0 Å². The van der Waals surface area contributed by atoms with E-state index in [9.17, 15) is 13.2 Å². The molecule has 0 aliphatic carbocycles. The zero-order chi connectivity index (χ0) is 15.6. The van der Waals surface area contributed by atoms with Crippen LogP contribution >= 0.6 is 11.6 Å². The highest BCUT2D eigenvalue weighted by Gasteiger charge is 2.31. The van der Waals surface area contributed by atoms with Gasteiger partial charge in [-0.25, -0.2) is 8.42 Å². The SMILES string of the molecule is COc1ccc(Cl)cc1S(=O)(=O)N1CCN(C(C)=O)CC1. The number of benzene rings is 1. The molecular weight excluding hydrogens is 316 g/mol. The summed E-state index contributed by atoms with van der Waals surface area (Å²) in [5.74, 6) is 0.209. The molecule has 1 aliphatic heterocycles. The van der Waals surface area contributed by atoms with Crippen LogP contribution < -0.4 is 4.74 Å². The molecule has 1 fully saturated rings. The van der Waals surface area contributed by atoms with E-state index in [0.717, 1.165) is 0 Å². The number of carbonyl (C=O) groups excluding carboxylic acids is 1. The van der Waals surface area contributed by atoms with Crippen LogP contribution in [-0.4, -0.2) is 56.8 Å². The van der Waals surface area contributed by atoms with Gasteiger partial charge in [-0.05, 0) is 18.2 Å². The number of carbonyl (C=O) groups is 1. The smallest absolute Gasteiger partial charge is 0.246 e. The first kappa shape index (κ1) is 16.1. The molecule has 8 heteroatoms. The number of sulfonamides is 1. The van der Waals surface area contributed by atoms with Gasteiger partial charge in [0.05, 0.1) is 7.11 Å². The zero-order valence-electron chi connectivity index (χ0n) is 11.9. The van der Waals surface area contributed by atoms with Crippen molar-refractivity contribution in [2.24, 2.45) is 0 Å². The molecule has 0 saturated carbocycles. The molecular formula is C13H17ClN2O4S. The molecule has 1 saturated heterocycles. The summed E-state index contributed by atoms with van der Waals surface area (Å²) < 4.78 is 31.8. The van der Waals surface area contributed by atoms with Gasteiger partial charge < -0.3 is 9.64 Å². The molecule has 0 atom stereocenters. The topological polar surface area (TPSA) is 66.9 Å². The van der Waals surface area contributed by atoms with E-state index in [-0.39, 0.29) is 29.6 Å². The molecule has 0 unspecified atom stereocenters. The third kappa shape index (κ3) is 3.30. The number of piperazine rings is 1. The Balaban J connectivity index is 2.27. The summed E-state index contributed by atoms with van der Waals surface area (Å²) in [6.07, 6.45) is 0. The van der Waals surface area contributed by atoms with Crippen LogP contribution in [0.15, 0.2) is 23.1 Å². The first-order valence-corrected chi connectivity index (χ1v) is 8.27. The van der Waals surface area contributed by atoms with Gasteiger partial charge in [0, 0.05) is 38.1 Å². The lowest BCUT2D eigenvalue weighted by Gasteiger charge is -2.33. The number of hydrogen-bond donors (Lipinski definition) is 0. The Morgan fingerprint density at radius 3 is 2.38 bits per heavy atom. The minimum absolute atomic E-state index is 0.0487. The largest absolute Gasteiger partial charge is 0.495 e. The lowest BCUT2D eigenvalue weighted by atomic mass is 10.3. The van der Waals surface area contributed by atoms with Gasteiger partial charge in [-0.3, -0.25) is 4.79 Å². The molecule has 0 radical (unpaired) electrons. The molecule has 0 aromatic heterocycles. The Morgan fingerprint density at radius 2 is 1.86 bits per heavy atom. The average Bonchev–Trinajstić information content (AvgIpc) is 2.47. The maximum absolute atomic E-state index is 12.7. The summed E-state index contributed by atoms with van der Waals surface area (Å²) in [5, 5.41) is 0.330. The van der Waals surface area contributed by atoms with Gasteiger partial charge >= 0.3 is 0 Å². The minimum atomic E-state index is -3.69. The average molecular weight is 333 g/mol. The third-order valence-corrected chi connectivity index (χ3v) is 5.58. The lowest BCUT2D eigenvalue weighted by molar-refractivity contribution is -0.129. The number of amides is 1. The molecule has 1 aliphatic rings. The molecule has 1 heterocycles. The van der Waals surface area contributed by atoms with Gasteiger partial charge in [0.1, 0.15) is 10.6 Å². The highest BCUT2D eigenvalue weighted by atomic mass is 35.5. The molecule has 1 amide bonds. The third-order valence-electron chi connectivity index (χ3n) is 3.43. The van der Waals surface area contributed by atoms with E-state index in [1.54, 1.807) is 11.0 Å². The van der Waals surface area contributed by atoms with Crippen LogP contribution in [0, 0.1) is 0 Å². The van der Waals surface area contributed by atoms with Crippen molar-refractivity contribution < 1.29 is 17.9 Å². The van der Waals surface area contributed by atoms with Gasteiger partial charge in [-0.2, -0.15) is 4.31 Å². The van der Waals surface area contributed by atoms with Gasteiger partial charge in [0.15, 0.2) is 0 Å². The second-order valence-corrected chi connectivity index (χ2v) is 7.05. The quantitative estimate of drug-likeness (QED) is 0.834. The van der Waals surface area contributed by atoms with Crippen molar-refractivity contribution in [1.82, 2.24) is 9.21 Å². The number of hydrogen-bond acceptors (Lipinski definition) is 4. The van der Waals surface area contributed by atoms with Crippen LogP contribution in [0.4, 0.5) is 0 Å². The molecule has 0 bridgehead atoms. The van der Waals surface area contributed by atoms with Crippen LogP contribution in [0.2, 0.25) is 5.02 Å². The Labute approximate surface area is 129 Å². The summed E-state index contributed by atoms with van der Waals surface area (Å²) >= 11 is 5.89. The number of halogens is 1. The van der Waals surface area contributed by atoms with Crippen molar-refractivity contribution in [3.05, 3.63) is 23.2 Å². The molecule has 21 heavy (non-hydrogen) atoms. The molecule has 0 spiro atoms. The fraction of sp³-hybridized carbons (Fsp3) is 0.462. The molecule has 1 aromatic rings. The van der Waals surface area contributed by atoms with Crippen molar-refractivity contribution in [2.75, 3.05) is 33.3 Å². The molecule has 116 valence electrons. The Kier molecular flexibility index (Phi) is 4.75. The predicted octanol–water partition coefficient (Wildman–Crippen LogP) is 1.20. The van der Waals surface area contributed by atoms with Crippen LogP contribution in [-0.2, 0) is 14.8 Å². The normalized spacial score (nSPS) is 16.8.